The van der Waals surface area contributed by atoms with Crippen molar-refractivity contribution >= 4 is 11.9 Å². The van der Waals surface area contributed by atoms with Crippen molar-refractivity contribution in [2.24, 2.45) is 17.3 Å². The Morgan fingerprint density at radius 1 is 0.519 bits per heavy atom. The van der Waals surface area contributed by atoms with Gasteiger partial charge in [-0.15, -0.1) is 0 Å². The predicted molar refractivity (Wildman–Crippen MR) is 228 cm³/mol. The molecule has 6 heteroatoms. The molecular weight excluding hydrogens is 671 g/mol. The number of hydrogen-bond donors (Lipinski definition) is 1. The molecule has 0 amide bonds. The Balaban J connectivity index is 1.55. The number of hydrogen-bond acceptors (Lipinski definition) is 6. The minimum Gasteiger partial charge on any atom is -0.466 e. The van der Waals surface area contributed by atoms with Gasteiger partial charge in [0.2, 0.25) is 0 Å². The van der Waals surface area contributed by atoms with Gasteiger partial charge < -0.3 is 19.5 Å². The van der Waals surface area contributed by atoms with Crippen LogP contribution in [0.4, 0.5) is 0 Å². The monoisotopic (exact) mass is 762 g/mol. The largest absolute Gasteiger partial charge is 0.466 e. The van der Waals surface area contributed by atoms with E-state index in [2.05, 4.69) is 33.0 Å². The Bertz CT molecular complexity index is 862. The Morgan fingerprint density at radius 2 is 0.889 bits per heavy atom. The number of ether oxygens (including phenoxy) is 3. The van der Waals surface area contributed by atoms with Crippen LogP contribution in [0.5, 0.6) is 0 Å². The maximum absolute atomic E-state index is 12.6. The highest BCUT2D eigenvalue weighted by molar-refractivity contribution is 5.69. The molecule has 1 spiro atoms. The molecule has 0 radical (unpaired) electrons. The zero-order valence-electron chi connectivity index (χ0n) is 36.5. The molecule has 0 aromatic heterocycles. The highest BCUT2D eigenvalue weighted by Gasteiger charge is 2.49. The normalized spacial score (nSPS) is 15.8. The third-order valence-corrected chi connectivity index (χ3v) is 12.7. The number of nitrogens with one attached hydrogen (secondary N) is 1. The van der Waals surface area contributed by atoms with Crippen molar-refractivity contribution in [1.29, 1.82) is 0 Å². The summed E-state index contributed by atoms with van der Waals surface area (Å²) in [5.41, 5.74) is 0.485. The van der Waals surface area contributed by atoms with Gasteiger partial charge in [-0.1, -0.05) is 175 Å². The Labute approximate surface area is 335 Å². The van der Waals surface area contributed by atoms with Gasteiger partial charge in [0.25, 0.3) is 0 Å². The lowest BCUT2D eigenvalue weighted by Crippen LogP contribution is -2.60. The number of rotatable bonds is 39. The molecule has 1 unspecified atom stereocenters. The van der Waals surface area contributed by atoms with Crippen LogP contribution >= 0.6 is 0 Å². The quantitative estimate of drug-likeness (QED) is 0.0497. The van der Waals surface area contributed by atoms with E-state index in [9.17, 15) is 9.59 Å². The summed E-state index contributed by atoms with van der Waals surface area (Å²) in [5, 5.41) is 4.01. The minimum atomic E-state index is 0.00246. The zero-order chi connectivity index (χ0) is 39.0. The molecule has 54 heavy (non-hydrogen) atoms. The summed E-state index contributed by atoms with van der Waals surface area (Å²) in [4.78, 5) is 24.9. The van der Waals surface area contributed by atoms with Gasteiger partial charge in [-0.2, -0.15) is 0 Å². The van der Waals surface area contributed by atoms with Crippen molar-refractivity contribution in [2.75, 3.05) is 26.4 Å². The van der Waals surface area contributed by atoms with Crippen LogP contribution in [-0.4, -0.2) is 50.4 Å². The molecule has 2 rings (SSSR count). The first-order valence-corrected chi connectivity index (χ1v) is 24.1. The first kappa shape index (κ1) is 49.0. The van der Waals surface area contributed by atoms with E-state index >= 15 is 0 Å². The zero-order valence-corrected chi connectivity index (χ0v) is 36.5. The van der Waals surface area contributed by atoms with E-state index in [1.807, 2.05) is 0 Å². The van der Waals surface area contributed by atoms with Gasteiger partial charge in [-0.05, 0) is 63.2 Å². The van der Waals surface area contributed by atoms with Crippen LogP contribution in [0.25, 0.3) is 0 Å². The smallest absolute Gasteiger partial charge is 0.305 e. The van der Waals surface area contributed by atoms with Crippen LogP contribution in [0.15, 0.2) is 0 Å². The van der Waals surface area contributed by atoms with E-state index in [4.69, 9.17) is 14.2 Å². The fourth-order valence-corrected chi connectivity index (χ4v) is 9.00. The summed E-state index contributed by atoms with van der Waals surface area (Å²) in [6.45, 7) is 12.2. The number of esters is 2. The van der Waals surface area contributed by atoms with E-state index in [1.165, 1.54) is 154 Å². The second-order valence-corrected chi connectivity index (χ2v) is 18.0. The second kappa shape index (κ2) is 32.9. The van der Waals surface area contributed by atoms with Gasteiger partial charge in [0.05, 0.1) is 26.4 Å². The minimum absolute atomic E-state index is 0.00246. The van der Waals surface area contributed by atoms with E-state index in [0.717, 1.165) is 64.1 Å². The maximum Gasteiger partial charge on any atom is 0.305 e. The highest BCUT2D eigenvalue weighted by Crippen LogP contribution is 2.47. The summed E-state index contributed by atoms with van der Waals surface area (Å²) < 4.78 is 16.9. The van der Waals surface area contributed by atoms with Crippen LogP contribution in [0.1, 0.15) is 240 Å². The van der Waals surface area contributed by atoms with Gasteiger partial charge >= 0.3 is 11.9 Å². The molecule has 2 fully saturated rings. The average molecular weight is 762 g/mol. The van der Waals surface area contributed by atoms with Crippen molar-refractivity contribution in [3.05, 3.63) is 0 Å². The van der Waals surface area contributed by atoms with Crippen molar-refractivity contribution in [3.8, 4) is 0 Å². The van der Waals surface area contributed by atoms with Crippen LogP contribution in [0.3, 0.4) is 0 Å². The van der Waals surface area contributed by atoms with E-state index < -0.39 is 0 Å². The van der Waals surface area contributed by atoms with Gasteiger partial charge in [0.15, 0.2) is 0 Å². The molecule has 1 saturated carbocycles. The molecule has 0 aromatic carbocycles. The Hall–Kier alpha value is -1.14. The summed E-state index contributed by atoms with van der Waals surface area (Å²) in [7, 11) is 0. The lowest BCUT2D eigenvalue weighted by atomic mass is 9.64. The third kappa shape index (κ3) is 24.5. The first-order chi connectivity index (χ1) is 26.4. The number of unbranched alkanes of at least 4 members (excludes halogenated alkanes) is 15. The van der Waals surface area contributed by atoms with Crippen molar-refractivity contribution in [3.63, 3.8) is 0 Å². The van der Waals surface area contributed by atoms with Gasteiger partial charge in [-0.3, -0.25) is 9.59 Å². The third-order valence-electron chi connectivity index (χ3n) is 12.7. The number of carbonyl (C=O) groups excluding carboxylic acids is 2. The van der Waals surface area contributed by atoms with Gasteiger partial charge in [0.1, 0.15) is 0 Å². The molecule has 1 aliphatic heterocycles. The second-order valence-electron chi connectivity index (χ2n) is 18.0. The molecule has 1 heterocycles. The summed E-state index contributed by atoms with van der Waals surface area (Å²) >= 11 is 0. The topological polar surface area (TPSA) is 73.9 Å². The predicted octanol–water partition coefficient (Wildman–Crippen LogP) is 13.6. The fraction of sp³-hybridized carbons (Fsp3) is 0.958. The molecule has 1 atom stereocenters. The molecular formula is C48H91NO5. The molecule has 0 bridgehead atoms. The van der Waals surface area contributed by atoms with E-state index in [1.54, 1.807) is 0 Å². The standard InChI is InChI=1S/C48H91NO5/c1-5-9-18-26-42(27-19-10-6-2)34-36-53-46(50)32-23-17-15-13-14-16-22-30-44(49-45-38-48(39-45)40-52-41-48)31-24-25-33-47(51)54-37-35-43(28-20-11-7-3)29-21-12-8-4/h42-45,49H,5-41H2,1-4H3. The summed E-state index contributed by atoms with van der Waals surface area (Å²) in [5.74, 6) is 1.44. The van der Waals surface area contributed by atoms with Crippen LogP contribution in [0, 0.1) is 17.3 Å². The average Bonchev–Trinajstić information content (AvgIpc) is 3.12. The Kier molecular flexibility index (Phi) is 29.9. The van der Waals surface area contributed by atoms with Gasteiger partial charge in [0, 0.05) is 30.3 Å². The molecule has 1 saturated heterocycles. The summed E-state index contributed by atoms with van der Waals surface area (Å²) in [6, 6.07) is 1.18. The summed E-state index contributed by atoms with van der Waals surface area (Å²) in [6.07, 6.45) is 39.3. The highest BCUT2D eigenvalue weighted by atomic mass is 16.5. The molecule has 2 aliphatic rings. The van der Waals surface area contributed by atoms with E-state index in [0.29, 0.717) is 49.5 Å². The lowest BCUT2D eigenvalue weighted by Gasteiger charge is -2.54. The Morgan fingerprint density at radius 3 is 1.30 bits per heavy atom. The van der Waals surface area contributed by atoms with Gasteiger partial charge in [-0.25, -0.2) is 0 Å². The first-order valence-electron chi connectivity index (χ1n) is 24.1. The van der Waals surface area contributed by atoms with Crippen molar-refractivity contribution < 1.29 is 23.8 Å². The molecule has 1 N–H and O–H groups in total. The van der Waals surface area contributed by atoms with Crippen molar-refractivity contribution in [2.45, 2.75) is 252 Å². The van der Waals surface area contributed by atoms with Crippen LogP contribution < -0.4 is 5.32 Å². The molecule has 6 nitrogen and oxygen atoms in total. The maximum atomic E-state index is 12.6. The number of carbonyl (C=O) groups is 2. The van der Waals surface area contributed by atoms with Crippen LogP contribution in [0.2, 0.25) is 0 Å². The van der Waals surface area contributed by atoms with Crippen LogP contribution in [-0.2, 0) is 23.8 Å². The van der Waals surface area contributed by atoms with E-state index in [-0.39, 0.29) is 11.9 Å². The lowest BCUT2D eigenvalue weighted by molar-refractivity contribution is -0.168. The molecule has 318 valence electrons. The molecule has 1 aliphatic carbocycles. The van der Waals surface area contributed by atoms with Crippen molar-refractivity contribution in [1.82, 2.24) is 5.32 Å². The SMILES string of the molecule is CCCCCC(CCCCC)CCOC(=O)CCCCCCCCCC(CCCCC(=O)OCCC(CCCCC)CCCCC)NC1CC2(COC2)C1. The molecule has 0 aromatic rings. The fourth-order valence-electron chi connectivity index (χ4n) is 9.00.